The molecule has 0 radical (unpaired) electrons. The first kappa shape index (κ1) is 14.0. The van der Waals surface area contributed by atoms with Crippen molar-refractivity contribution in [3.05, 3.63) is 35.6 Å². The van der Waals surface area contributed by atoms with Gasteiger partial charge in [0.15, 0.2) is 0 Å². The van der Waals surface area contributed by atoms with Crippen molar-refractivity contribution in [2.24, 2.45) is 11.7 Å². The molecule has 0 aliphatic heterocycles. The number of carbonyl (C=O) groups is 1. The molecule has 1 saturated carbocycles. The van der Waals surface area contributed by atoms with Crippen molar-refractivity contribution in [1.82, 2.24) is 5.32 Å². The van der Waals surface area contributed by atoms with E-state index in [-0.39, 0.29) is 23.1 Å². The van der Waals surface area contributed by atoms with Gasteiger partial charge in [0, 0.05) is 12.0 Å². The fourth-order valence-corrected chi connectivity index (χ4v) is 2.21. The maximum atomic E-state index is 13.3. The predicted octanol–water partition coefficient (Wildman–Crippen LogP) is 1.96. The van der Waals surface area contributed by atoms with Gasteiger partial charge in [0.05, 0.1) is 6.04 Å². The molecule has 1 aliphatic rings. The van der Waals surface area contributed by atoms with Crippen molar-refractivity contribution in [3.8, 4) is 0 Å². The summed E-state index contributed by atoms with van der Waals surface area (Å²) in [5.41, 5.74) is 6.68. The van der Waals surface area contributed by atoms with E-state index in [4.69, 9.17) is 5.73 Å². The number of nitrogens with one attached hydrogen (secondary N) is 1. The number of hydrogen-bond donors (Lipinski definition) is 2. The molecule has 1 aliphatic carbocycles. The van der Waals surface area contributed by atoms with Crippen LogP contribution in [-0.4, -0.2) is 18.5 Å². The molecule has 0 saturated heterocycles. The molecule has 3 nitrogen and oxygen atoms in total. The molecule has 1 fully saturated rings. The minimum Gasteiger partial charge on any atom is -0.354 e. The van der Waals surface area contributed by atoms with Gasteiger partial charge in [0.25, 0.3) is 0 Å². The average molecular weight is 264 g/mol. The summed E-state index contributed by atoms with van der Waals surface area (Å²) in [7, 11) is 0. The quantitative estimate of drug-likeness (QED) is 0.854. The lowest BCUT2D eigenvalue weighted by molar-refractivity contribution is -0.123. The second-order valence-corrected chi connectivity index (χ2v) is 5.78. The van der Waals surface area contributed by atoms with Crippen LogP contribution < -0.4 is 11.1 Å². The zero-order valence-corrected chi connectivity index (χ0v) is 11.4. The molecule has 1 amide bonds. The van der Waals surface area contributed by atoms with E-state index in [0.717, 1.165) is 18.4 Å². The number of nitrogens with two attached hydrogens (primary N) is 1. The van der Waals surface area contributed by atoms with Crippen LogP contribution >= 0.6 is 0 Å². The normalized spacial score (nSPS) is 18.2. The van der Waals surface area contributed by atoms with Gasteiger partial charge in [-0.05, 0) is 36.5 Å². The van der Waals surface area contributed by atoms with Crippen molar-refractivity contribution in [2.75, 3.05) is 6.54 Å². The molecule has 1 atom stereocenters. The molecule has 3 N–H and O–H groups in total. The lowest BCUT2D eigenvalue weighted by atomic mass is 9.95. The number of benzene rings is 1. The number of halogens is 1. The van der Waals surface area contributed by atoms with E-state index in [1.165, 1.54) is 6.07 Å². The Morgan fingerprint density at radius 3 is 2.68 bits per heavy atom. The third kappa shape index (κ3) is 3.13. The Balaban J connectivity index is 1.98. The first-order valence-electron chi connectivity index (χ1n) is 6.74. The molecule has 0 spiro atoms. The predicted molar refractivity (Wildman–Crippen MR) is 73.1 cm³/mol. The zero-order chi connectivity index (χ0) is 14.0. The van der Waals surface area contributed by atoms with Gasteiger partial charge in [-0.15, -0.1) is 0 Å². The number of rotatable bonds is 5. The average Bonchev–Trinajstić information content (AvgIpc) is 3.16. The third-order valence-electron chi connectivity index (χ3n) is 3.91. The van der Waals surface area contributed by atoms with E-state index in [1.807, 2.05) is 19.9 Å². The van der Waals surface area contributed by atoms with E-state index in [0.29, 0.717) is 6.54 Å². The van der Waals surface area contributed by atoms with E-state index in [2.05, 4.69) is 5.32 Å². The van der Waals surface area contributed by atoms with Crippen LogP contribution in [-0.2, 0) is 10.2 Å². The lowest BCUT2D eigenvalue weighted by Gasteiger charge is -2.20. The number of amides is 1. The Morgan fingerprint density at radius 2 is 2.16 bits per heavy atom. The van der Waals surface area contributed by atoms with Gasteiger partial charge in [-0.25, -0.2) is 4.39 Å². The molecule has 4 heteroatoms. The minimum atomic E-state index is -0.483. The molecular weight excluding hydrogens is 243 g/mol. The molecule has 0 unspecified atom stereocenters. The maximum absolute atomic E-state index is 13.3. The molecule has 0 aromatic heterocycles. The van der Waals surface area contributed by atoms with Gasteiger partial charge in [-0.1, -0.05) is 26.0 Å². The summed E-state index contributed by atoms with van der Waals surface area (Å²) < 4.78 is 13.3. The zero-order valence-electron chi connectivity index (χ0n) is 11.4. The maximum Gasteiger partial charge on any atom is 0.237 e. The minimum absolute atomic E-state index is 0.0888. The van der Waals surface area contributed by atoms with E-state index in [1.54, 1.807) is 12.1 Å². The van der Waals surface area contributed by atoms with Gasteiger partial charge in [0.2, 0.25) is 5.91 Å². The summed E-state index contributed by atoms with van der Waals surface area (Å²) >= 11 is 0. The van der Waals surface area contributed by atoms with Crippen LogP contribution in [0.3, 0.4) is 0 Å². The van der Waals surface area contributed by atoms with Crippen LogP contribution in [0.15, 0.2) is 24.3 Å². The Morgan fingerprint density at radius 1 is 1.47 bits per heavy atom. The second kappa shape index (κ2) is 5.29. The smallest absolute Gasteiger partial charge is 0.237 e. The van der Waals surface area contributed by atoms with Gasteiger partial charge in [0.1, 0.15) is 5.82 Å². The monoisotopic (exact) mass is 264 g/mol. The SMILES string of the molecule is CC(C)[C@H](N)C(=O)NCC1(c2cccc(F)c2)CC1. The summed E-state index contributed by atoms with van der Waals surface area (Å²) in [4.78, 5) is 11.8. The summed E-state index contributed by atoms with van der Waals surface area (Å²) in [6.45, 7) is 4.38. The van der Waals surface area contributed by atoms with E-state index >= 15 is 0 Å². The first-order chi connectivity index (χ1) is 8.94. The Hall–Kier alpha value is -1.42. The fraction of sp³-hybridized carbons (Fsp3) is 0.533. The van der Waals surface area contributed by atoms with Gasteiger partial charge in [-0.3, -0.25) is 4.79 Å². The van der Waals surface area contributed by atoms with Crippen molar-refractivity contribution in [1.29, 1.82) is 0 Å². The van der Waals surface area contributed by atoms with Crippen LogP contribution in [0.25, 0.3) is 0 Å². The van der Waals surface area contributed by atoms with Crippen molar-refractivity contribution < 1.29 is 9.18 Å². The van der Waals surface area contributed by atoms with Crippen LogP contribution in [0.2, 0.25) is 0 Å². The van der Waals surface area contributed by atoms with Gasteiger partial charge in [-0.2, -0.15) is 0 Å². The second-order valence-electron chi connectivity index (χ2n) is 5.78. The lowest BCUT2D eigenvalue weighted by Crippen LogP contribution is -2.46. The van der Waals surface area contributed by atoms with Crippen LogP contribution in [0.1, 0.15) is 32.3 Å². The van der Waals surface area contributed by atoms with Gasteiger partial charge < -0.3 is 11.1 Å². The molecule has 1 aromatic carbocycles. The highest BCUT2D eigenvalue weighted by molar-refractivity contribution is 5.81. The van der Waals surface area contributed by atoms with Gasteiger partial charge >= 0.3 is 0 Å². The Kier molecular flexibility index (Phi) is 3.90. The van der Waals surface area contributed by atoms with E-state index < -0.39 is 6.04 Å². The third-order valence-corrected chi connectivity index (χ3v) is 3.91. The number of carbonyl (C=O) groups excluding carboxylic acids is 1. The highest BCUT2D eigenvalue weighted by Gasteiger charge is 2.44. The molecule has 1 aromatic rings. The Labute approximate surface area is 113 Å². The Bertz CT molecular complexity index is 469. The summed E-state index contributed by atoms with van der Waals surface area (Å²) in [5.74, 6) is -0.240. The molecular formula is C15H21FN2O. The standard InChI is InChI=1S/C15H21FN2O/c1-10(2)13(17)14(19)18-9-15(6-7-15)11-4-3-5-12(16)8-11/h3-5,8,10,13H,6-7,9,17H2,1-2H3,(H,18,19)/t13-/m0/s1. The topological polar surface area (TPSA) is 55.1 Å². The molecule has 0 bridgehead atoms. The largest absolute Gasteiger partial charge is 0.354 e. The summed E-state index contributed by atoms with van der Waals surface area (Å²) in [5, 5.41) is 2.90. The van der Waals surface area contributed by atoms with Crippen molar-refractivity contribution >= 4 is 5.91 Å². The highest BCUT2D eigenvalue weighted by Crippen LogP contribution is 2.47. The van der Waals surface area contributed by atoms with Crippen LogP contribution in [0, 0.1) is 11.7 Å². The highest BCUT2D eigenvalue weighted by atomic mass is 19.1. The fourth-order valence-electron chi connectivity index (χ4n) is 2.21. The molecule has 19 heavy (non-hydrogen) atoms. The van der Waals surface area contributed by atoms with Crippen molar-refractivity contribution in [3.63, 3.8) is 0 Å². The molecule has 2 rings (SSSR count). The summed E-state index contributed by atoms with van der Waals surface area (Å²) in [6.07, 6.45) is 1.96. The number of hydrogen-bond acceptors (Lipinski definition) is 2. The van der Waals surface area contributed by atoms with Crippen LogP contribution in [0.5, 0.6) is 0 Å². The first-order valence-corrected chi connectivity index (χ1v) is 6.74. The van der Waals surface area contributed by atoms with Crippen LogP contribution in [0.4, 0.5) is 4.39 Å². The molecule has 104 valence electrons. The van der Waals surface area contributed by atoms with Crippen molar-refractivity contribution in [2.45, 2.75) is 38.1 Å². The molecule has 0 heterocycles. The summed E-state index contributed by atoms with van der Waals surface area (Å²) in [6, 6.07) is 6.15. The van der Waals surface area contributed by atoms with E-state index in [9.17, 15) is 9.18 Å².